The number of carbonyl (C=O) groups is 2. The van der Waals surface area contributed by atoms with Gasteiger partial charge in [-0.15, -0.1) is 0 Å². The maximum atomic E-state index is 14.3. The van der Waals surface area contributed by atoms with Crippen LogP contribution in [0.3, 0.4) is 0 Å². The van der Waals surface area contributed by atoms with Crippen LogP contribution in [-0.2, 0) is 37.3 Å². The number of aliphatic carboxylic acids is 1. The maximum absolute atomic E-state index is 14.3. The fourth-order valence-electron chi connectivity index (χ4n) is 7.00. The van der Waals surface area contributed by atoms with E-state index in [1.807, 2.05) is 0 Å². The molecular weight excluding hydrogens is 704 g/mol. The number of amides is 1. The van der Waals surface area contributed by atoms with Crippen LogP contribution in [0.2, 0.25) is 0 Å². The second-order valence-electron chi connectivity index (χ2n) is 13.1. The normalized spacial score (nSPS) is 19.2. The second-order valence-corrected chi connectivity index (χ2v) is 15.1. The highest BCUT2D eigenvalue weighted by Gasteiger charge is 2.45. The van der Waals surface area contributed by atoms with Crippen molar-refractivity contribution in [3.63, 3.8) is 0 Å². The highest BCUT2D eigenvalue weighted by Crippen LogP contribution is 2.52. The van der Waals surface area contributed by atoms with Crippen LogP contribution in [0.1, 0.15) is 78.1 Å². The largest absolute Gasteiger partial charge is 0.495 e. The molecule has 282 valence electrons. The van der Waals surface area contributed by atoms with Crippen molar-refractivity contribution in [2.45, 2.75) is 69.9 Å². The van der Waals surface area contributed by atoms with E-state index < -0.39 is 36.7 Å². The fourth-order valence-corrected chi connectivity index (χ4v) is 8.69. The van der Waals surface area contributed by atoms with Gasteiger partial charge in [-0.05, 0) is 94.4 Å². The highest BCUT2D eigenvalue weighted by atomic mass is 31.2. The van der Waals surface area contributed by atoms with Crippen LogP contribution in [0.15, 0.2) is 36.5 Å². The topological polar surface area (TPSA) is 155 Å². The summed E-state index contributed by atoms with van der Waals surface area (Å²) in [7, 11) is 3.12. The van der Waals surface area contributed by atoms with Gasteiger partial charge in [0.05, 0.1) is 43.4 Å². The molecule has 17 heteroatoms. The number of fused-ring (bicyclic) bond motifs is 1. The zero-order chi connectivity index (χ0) is 38.0. The number of nitrogens with one attached hydrogen (secondary N) is 2. The number of alkyl halides is 3. The Hall–Kier alpha value is -4.24. The predicted molar refractivity (Wildman–Crippen MR) is 189 cm³/mol. The molecule has 1 saturated carbocycles. The number of carbonyl (C=O) groups excluding carboxylic acids is 1. The lowest BCUT2D eigenvalue weighted by Gasteiger charge is -2.42. The molecule has 3 N–H and O–H groups in total. The van der Waals surface area contributed by atoms with Gasteiger partial charge in [-0.3, -0.25) is 19.1 Å². The Kier molecular flexibility index (Phi) is 11.5. The van der Waals surface area contributed by atoms with E-state index in [1.54, 1.807) is 70.2 Å². The van der Waals surface area contributed by atoms with Crippen LogP contribution >= 0.6 is 7.60 Å². The van der Waals surface area contributed by atoms with E-state index in [0.717, 1.165) is 5.56 Å². The van der Waals surface area contributed by atoms with Crippen molar-refractivity contribution in [2.75, 3.05) is 52.1 Å². The minimum absolute atomic E-state index is 0.0207. The Morgan fingerprint density at radius 1 is 1.10 bits per heavy atom. The lowest BCUT2D eigenvalue weighted by atomic mass is 9.72. The van der Waals surface area contributed by atoms with Crippen molar-refractivity contribution >= 4 is 42.6 Å². The Labute approximate surface area is 300 Å². The number of hydrogen-bond donors (Lipinski definition) is 3. The predicted octanol–water partition coefficient (Wildman–Crippen LogP) is 7.39. The minimum Gasteiger partial charge on any atom is -0.495 e. The van der Waals surface area contributed by atoms with Crippen molar-refractivity contribution in [3.8, 4) is 5.75 Å². The third kappa shape index (κ3) is 7.89. The van der Waals surface area contributed by atoms with E-state index in [9.17, 15) is 32.4 Å². The Bertz CT molecular complexity index is 1860. The van der Waals surface area contributed by atoms with Gasteiger partial charge in [-0.1, -0.05) is 12.1 Å². The molecular formula is C35H44F3N6O7P. The quantitative estimate of drug-likeness (QED) is 0.141. The lowest BCUT2D eigenvalue weighted by molar-refractivity contribution is -0.152. The monoisotopic (exact) mass is 748 g/mol. The van der Waals surface area contributed by atoms with Gasteiger partial charge in [0.1, 0.15) is 22.7 Å². The van der Waals surface area contributed by atoms with Gasteiger partial charge in [-0.25, -0.2) is 4.98 Å². The fraction of sp³-hybridized carbons (Fsp3) is 0.486. The average molecular weight is 749 g/mol. The van der Waals surface area contributed by atoms with Crippen LogP contribution in [-0.4, -0.2) is 83.8 Å². The molecule has 5 rings (SSSR count). The van der Waals surface area contributed by atoms with Gasteiger partial charge in [0.2, 0.25) is 5.95 Å². The maximum Gasteiger partial charge on any atom is 0.421 e. The van der Waals surface area contributed by atoms with Gasteiger partial charge < -0.3 is 34.4 Å². The number of rotatable bonds is 14. The molecule has 1 aromatic heterocycles. The molecule has 0 saturated heterocycles. The van der Waals surface area contributed by atoms with E-state index in [-0.39, 0.29) is 60.7 Å². The molecule has 13 nitrogen and oxygen atoms in total. The number of halogens is 3. The van der Waals surface area contributed by atoms with E-state index in [1.165, 1.54) is 12.0 Å². The van der Waals surface area contributed by atoms with Crippen LogP contribution < -0.4 is 15.4 Å². The number of anilines is 4. The summed E-state index contributed by atoms with van der Waals surface area (Å²) < 4.78 is 72.2. The van der Waals surface area contributed by atoms with Crippen LogP contribution in [0.5, 0.6) is 5.75 Å². The van der Waals surface area contributed by atoms with Gasteiger partial charge in [0.15, 0.2) is 0 Å². The number of hydrogen-bond acceptors (Lipinski definition) is 11. The van der Waals surface area contributed by atoms with Gasteiger partial charge in [0, 0.05) is 19.8 Å². The van der Waals surface area contributed by atoms with Crippen LogP contribution in [0.25, 0.3) is 0 Å². The van der Waals surface area contributed by atoms with E-state index in [4.69, 9.17) is 13.8 Å². The zero-order valence-electron chi connectivity index (χ0n) is 30.0. The first kappa shape index (κ1) is 39.0. The molecule has 0 spiro atoms. The molecule has 52 heavy (non-hydrogen) atoms. The summed E-state index contributed by atoms with van der Waals surface area (Å²) >= 11 is 0. The zero-order valence-corrected chi connectivity index (χ0v) is 30.9. The minimum atomic E-state index is -4.83. The molecule has 0 unspecified atom stereocenters. The third-order valence-corrected chi connectivity index (χ3v) is 11.8. The molecule has 2 aromatic carbocycles. The number of carboxylic acid groups (broad SMARTS) is 1. The summed E-state index contributed by atoms with van der Waals surface area (Å²) in [6.07, 6.45) is -2.22. The first-order valence-electron chi connectivity index (χ1n) is 16.9. The molecule has 0 atom stereocenters. The summed E-state index contributed by atoms with van der Waals surface area (Å²) in [5.74, 6) is -1.73. The molecule has 0 bridgehead atoms. The van der Waals surface area contributed by atoms with Gasteiger partial charge in [-0.2, -0.15) is 18.2 Å². The first-order valence-corrected chi connectivity index (χ1v) is 18.6. The first-order chi connectivity index (χ1) is 24.6. The highest BCUT2D eigenvalue weighted by molar-refractivity contribution is 7.53. The second kappa shape index (κ2) is 15.4. The molecule has 2 heterocycles. The van der Waals surface area contributed by atoms with Crippen molar-refractivity contribution in [2.24, 2.45) is 0 Å². The number of ether oxygens (including phenoxy) is 1. The summed E-state index contributed by atoms with van der Waals surface area (Å²) in [5.41, 5.74) is 0.771. The van der Waals surface area contributed by atoms with E-state index >= 15 is 0 Å². The Balaban J connectivity index is 1.45. The van der Waals surface area contributed by atoms with Gasteiger partial charge in [0.25, 0.3) is 5.91 Å². The summed E-state index contributed by atoms with van der Waals surface area (Å²) in [6.45, 7) is 4.07. The molecule has 2 aliphatic rings. The number of carboxylic acids is 1. The number of aromatic nitrogens is 2. The molecule has 1 amide bonds. The van der Waals surface area contributed by atoms with Crippen LogP contribution in [0, 0.1) is 0 Å². The standard InChI is InChI=1S/C35H44F3N6O7P/c1-7-50-52(48,51-8-2)20-21-9-11-26(28(17-21)49-6)41-33-39-18-25(35(36,37)38)30(42-33)40-27-12-10-23(24-19-44(5)31(45)29(24)27)22-13-15-34(16-14-22,32(46)47)43(3)4/h9-12,17-18,22H,7-8,13-16,19-20H2,1-6H3,(H,46,47)(H2,39,40,41,42)/t22-,34-. The number of likely N-dealkylation sites (N-methyl/N-ethyl adjacent to an activating group) is 1. The molecule has 1 fully saturated rings. The SMILES string of the molecule is CCOP(=O)(Cc1ccc(Nc2ncc(C(F)(F)F)c(Nc3ccc([C@H]4CC[C@](C(=O)O)(N(C)C)CC4)c4c3C(=O)N(C)C4)n2)c(OC)c1)OCC. The molecule has 0 radical (unpaired) electrons. The molecule has 1 aliphatic carbocycles. The van der Waals surface area contributed by atoms with Crippen molar-refractivity contribution < 1.29 is 46.2 Å². The average Bonchev–Trinajstić information content (AvgIpc) is 3.38. The number of methoxy groups -OCH3 is 1. The lowest BCUT2D eigenvalue weighted by Crippen LogP contribution is -2.53. The summed E-state index contributed by atoms with van der Waals surface area (Å²) in [5, 5.41) is 15.7. The summed E-state index contributed by atoms with van der Waals surface area (Å²) in [4.78, 5) is 37.0. The number of benzene rings is 2. The van der Waals surface area contributed by atoms with E-state index in [0.29, 0.717) is 48.7 Å². The van der Waals surface area contributed by atoms with Crippen LogP contribution in [0.4, 0.5) is 36.3 Å². The van der Waals surface area contributed by atoms with Crippen molar-refractivity contribution in [1.82, 2.24) is 19.8 Å². The van der Waals surface area contributed by atoms with Gasteiger partial charge >= 0.3 is 19.7 Å². The molecule has 3 aromatic rings. The van der Waals surface area contributed by atoms with Crippen molar-refractivity contribution in [1.29, 1.82) is 0 Å². The summed E-state index contributed by atoms with van der Waals surface area (Å²) in [6, 6.07) is 8.24. The number of nitrogens with zero attached hydrogens (tertiary/aromatic N) is 4. The smallest absolute Gasteiger partial charge is 0.421 e. The Morgan fingerprint density at radius 3 is 2.33 bits per heavy atom. The van der Waals surface area contributed by atoms with Crippen molar-refractivity contribution in [3.05, 3.63) is 64.3 Å². The van der Waals surface area contributed by atoms with E-state index in [2.05, 4.69) is 20.6 Å². The third-order valence-electron chi connectivity index (χ3n) is 9.70. The Morgan fingerprint density at radius 2 is 1.75 bits per heavy atom. The molecule has 1 aliphatic heterocycles.